The van der Waals surface area contributed by atoms with Crippen LogP contribution in [0.3, 0.4) is 0 Å². The van der Waals surface area contributed by atoms with Crippen LogP contribution in [0.4, 0.5) is 13.2 Å². The maximum absolute atomic E-state index is 12.2. The molecule has 0 aromatic carbocycles. The predicted octanol–water partition coefficient (Wildman–Crippen LogP) is 1.01. The van der Waals surface area contributed by atoms with Gasteiger partial charge in [0.2, 0.25) is 0 Å². The fourth-order valence-electron chi connectivity index (χ4n) is 1.74. The Bertz CT molecular complexity index is 233. The van der Waals surface area contributed by atoms with Gasteiger partial charge >= 0.3 is 6.18 Å². The second-order valence-electron chi connectivity index (χ2n) is 3.37. The second-order valence-corrected chi connectivity index (χ2v) is 3.37. The van der Waals surface area contributed by atoms with Crippen molar-refractivity contribution < 1.29 is 18.3 Å². The van der Waals surface area contributed by atoms with Crippen LogP contribution in [0.2, 0.25) is 0 Å². The fourth-order valence-corrected chi connectivity index (χ4v) is 1.74. The van der Waals surface area contributed by atoms with Gasteiger partial charge in [-0.15, -0.1) is 6.42 Å². The van der Waals surface area contributed by atoms with E-state index >= 15 is 0 Å². The number of aliphatic hydroxyl groups is 1. The van der Waals surface area contributed by atoms with Gasteiger partial charge in [0.05, 0.1) is 6.54 Å². The first-order valence-electron chi connectivity index (χ1n) is 4.39. The van der Waals surface area contributed by atoms with E-state index in [1.54, 1.807) is 0 Å². The molecule has 1 fully saturated rings. The Morgan fingerprint density at radius 3 is 2.71 bits per heavy atom. The molecule has 1 aliphatic heterocycles. The van der Waals surface area contributed by atoms with Gasteiger partial charge in [0.25, 0.3) is 0 Å². The summed E-state index contributed by atoms with van der Waals surface area (Å²) in [5, 5.41) is 9.05. The molecule has 0 saturated carbocycles. The highest BCUT2D eigenvalue weighted by atomic mass is 19.4. The number of rotatable bonds is 2. The third-order valence-corrected chi connectivity index (χ3v) is 2.41. The fraction of sp³-hybridized carbons (Fsp3) is 0.778. The molecule has 5 heteroatoms. The molecule has 2 nitrogen and oxygen atoms in total. The first-order valence-corrected chi connectivity index (χ1v) is 4.39. The SMILES string of the molecule is C#CCN1CCC[C@H]1[C@H](O)C(F)(F)F. The lowest BCUT2D eigenvalue weighted by atomic mass is 10.1. The standard InChI is InChI=1S/C9H12F3NO/c1-2-5-13-6-3-4-7(13)8(14)9(10,11)12/h1,7-8,14H,3-6H2/t7-,8-/m0/s1. The van der Waals surface area contributed by atoms with Gasteiger partial charge in [0, 0.05) is 6.04 Å². The number of hydrogen-bond donors (Lipinski definition) is 1. The number of halogens is 3. The molecule has 1 heterocycles. The molecular formula is C9H12F3NO. The Balaban J connectivity index is 2.63. The van der Waals surface area contributed by atoms with Crippen LogP contribution in [0.1, 0.15) is 12.8 Å². The van der Waals surface area contributed by atoms with Gasteiger partial charge in [-0.25, -0.2) is 0 Å². The molecule has 2 atom stereocenters. The maximum Gasteiger partial charge on any atom is 0.415 e. The lowest BCUT2D eigenvalue weighted by Crippen LogP contribution is -2.47. The maximum atomic E-state index is 12.2. The number of aliphatic hydroxyl groups excluding tert-OH is 1. The molecule has 0 bridgehead atoms. The van der Waals surface area contributed by atoms with Crippen LogP contribution in [0.5, 0.6) is 0 Å². The van der Waals surface area contributed by atoms with Crippen LogP contribution in [-0.2, 0) is 0 Å². The van der Waals surface area contributed by atoms with E-state index < -0.39 is 18.3 Å². The summed E-state index contributed by atoms with van der Waals surface area (Å²) in [5.74, 6) is 2.29. The van der Waals surface area contributed by atoms with Crippen molar-refractivity contribution >= 4 is 0 Å². The molecule has 80 valence electrons. The lowest BCUT2D eigenvalue weighted by Gasteiger charge is -2.28. The van der Waals surface area contributed by atoms with Crippen LogP contribution in [0.15, 0.2) is 0 Å². The summed E-state index contributed by atoms with van der Waals surface area (Å²) in [6.45, 7) is 0.694. The highest BCUT2D eigenvalue weighted by Gasteiger charge is 2.46. The summed E-state index contributed by atoms with van der Waals surface area (Å²) in [6, 6.07) is -0.869. The van der Waals surface area contributed by atoms with E-state index in [1.807, 2.05) is 0 Å². The highest BCUT2D eigenvalue weighted by molar-refractivity contribution is 4.96. The summed E-state index contributed by atoms with van der Waals surface area (Å²) in [4.78, 5) is 1.50. The minimum absolute atomic E-state index is 0.164. The number of alkyl halides is 3. The largest absolute Gasteiger partial charge is 0.415 e. The van der Waals surface area contributed by atoms with Crippen molar-refractivity contribution in [1.29, 1.82) is 0 Å². The Kier molecular flexibility index (Phi) is 3.40. The topological polar surface area (TPSA) is 23.5 Å². The molecule has 14 heavy (non-hydrogen) atoms. The Morgan fingerprint density at radius 1 is 1.57 bits per heavy atom. The van der Waals surface area contributed by atoms with Crippen LogP contribution >= 0.6 is 0 Å². The molecule has 1 saturated heterocycles. The zero-order valence-electron chi connectivity index (χ0n) is 7.59. The number of hydrogen-bond acceptors (Lipinski definition) is 2. The monoisotopic (exact) mass is 207 g/mol. The molecule has 0 radical (unpaired) electrons. The van der Waals surface area contributed by atoms with Gasteiger partial charge in [0.15, 0.2) is 6.10 Å². The van der Waals surface area contributed by atoms with Gasteiger partial charge in [-0.2, -0.15) is 13.2 Å². The van der Waals surface area contributed by atoms with Crippen LogP contribution in [-0.4, -0.2) is 41.4 Å². The van der Waals surface area contributed by atoms with Crippen molar-refractivity contribution in [1.82, 2.24) is 4.90 Å². The first-order chi connectivity index (χ1) is 6.46. The second kappa shape index (κ2) is 4.20. The minimum Gasteiger partial charge on any atom is -0.382 e. The molecule has 0 aromatic rings. The molecule has 1 aliphatic rings. The zero-order valence-corrected chi connectivity index (χ0v) is 7.59. The van der Waals surface area contributed by atoms with Crippen LogP contribution in [0.25, 0.3) is 0 Å². The van der Waals surface area contributed by atoms with Crippen molar-refractivity contribution in [3.05, 3.63) is 0 Å². The third kappa shape index (κ3) is 2.40. The normalized spacial score (nSPS) is 26.1. The number of nitrogens with zero attached hydrogens (tertiary/aromatic N) is 1. The van der Waals surface area contributed by atoms with Crippen molar-refractivity contribution in [2.75, 3.05) is 13.1 Å². The summed E-state index contributed by atoms with van der Waals surface area (Å²) in [5.41, 5.74) is 0. The first kappa shape index (κ1) is 11.3. The van der Waals surface area contributed by atoms with E-state index in [-0.39, 0.29) is 6.54 Å². The van der Waals surface area contributed by atoms with E-state index in [9.17, 15) is 13.2 Å². The summed E-state index contributed by atoms with van der Waals surface area (Å²) >= 11 is 0. The van der Waals surface area contributed by atoms with Crippen LogP contribution in [0, 0.1) is 12.3 Å². The predicted molar refractivity (Wildman–Crippen MR) is 45.5 cm³/mol. The molecule has 0 spiro atoms. The average Bonchev–Trinajstić information content (AvgIpc) is 2.50. The molecule has 1 rings (SSSR count). The van der Waals surface area contributed by atoms with Crippen molar-refractivity contribution in [2.45, 2.75) is 31.2 Å². The highest BCUT2D eigenvalue weighted by Crippen LogP contribution is 2.30. The molecular weight excluding hydrogens is 195 g/mol. The van der Waals surface area contributed by atoms with E-state index in [0.717, 1.165) is 0 Å². The minimum atomic E-state index is -4.55. The average molecular weight is 207 g/mol. The molecule has 1 N–H and O–H groups in total. The Labute approximate surface area is 80.7 Å². The van der Waals surface area contributed by atoms with Crippen LogP contribution < -0.4 is 0 Å². The summed E-state index contributed by atoms with van der Waals surface area (Å²) in [6.07, 6.45) is -0.806. The van der Waals surface area contributed by atoms with E-state index in [0.29, 0.717) is 19.4 Å². The van der Waals surface area contributed by atoms with Crippen molar-refractivity contribution in [3.63, 3.8) is 0 Å². The van der Waals surface area contributed by atoms with Crippen molar-refractivity contribution in [3.8, 4) is 12.3 Å². The van der Waals surface area contributed by atoms with Gasteiger partial charge in [0.1, 0.15) is 0 Å². The van der Waals surface area contributed by atoms with Gasteiger partial charge in [-0.3, -0.25) is 4.90 Å². The summed E-state index contributed by atoms with van der Waals surface area (Å²) in [7, 11) is 0. The summed E-state index contributed by atoms with van der Waals surface area (Å²) < 4.78 is 36.6. The number of terminal acetylenes is 1. The molecule has 0 aliphatic carbocycles. The smallest absolute Gasteiger partial charge is 0.382 e. The van der Waals surface area contributed by atoms with E-state index in [1.165, 1.54) is 4.90 Å². The Hall–Kier alpha value is -0.730. The van der Waals surface area contributed by atoms with Gasteiger partial charge in [-0.05, 0) is 19.4 Å². The molecule has 0 amide bonds. The van der Waals surface area contributed by atoms with Gasteiger partial charge in [-0.1, -0.05) is 5.92 Å². The number of likely N-dealkylation sites (tertiary alicyclic amines) is 1. The van der Waals surface area contributed by atoms with E-state index in [4.69, 9.17) is 11.5 Å². The van der Waals surface area contributed by atoms with Gasteiger partial charge < -0.3 is 5.11 Å². The quantitative estimate of drug-likeness (QED) is 0.683. The molecule has 0 unspecified atom stereocenters. The lowest BCUT2D eigenvalue weighted by molar-refractivity contribution is -0.218. The third-order valence-electron chi connectivity index (χ3n) is 2.41. The van der Waals surface area contributed by atoms with Crippen molar-refractivity contribution in [2.24, 2.45) is 0 Å². The zero-order chi connectivity index (χ0) is 10.8. The Morgan fingerprint density at radius 2 is 2.21 bits per heavy atom. The molecule has 0 aromatic heterocycles. The van der Waals surface area contributed by atoms with E-state index in [2.05, 4.69) is 5.92 Å².